The van der Waals surface area contributed by atoms with Crippen LogP contribution in [0.2, 0.25) is 0 Å². The highest BCUT2D eigenvalue weighted by atomic mass is 15.1. The molecular formula is C9H15N2+. The highest BCUT2D eigenvalue weighted by Gasteiger charge is 2.08. The fraction of sp³-hybridized carbons (Fsp3) is 0.556. The molecule has 1 aromatic heterocycles. The third kappa shape index (κ3) is 1.25. The van der Waals surface area contributed by atoms with Crippen molar-refractivity contribution in [1.82, 2.24) is 0 Å². The molecular weight excluding hydrogens is 136 g/mol. The maximum atomic E-state index is 3.24. The first-order valence-corrected chi connectivity index (χ1v) is 3.79. The molecule has 1 heterocycles. The van der Waals surface area contributed by atoms with Crippen molar-refractivity contribution in [2.45, 2.75) is 20.8 Å². The van der Waals surface area contributed by atoms with Gasteiger partial charge in [0, 0.05) is 6.92 Å². The van der Waals surface area contributed by atoms with E-state index in [2.05, 4.69) is 38.6 Å². The molecule has 1 aromatic rings. The van der Waals surface area contributed by atoms with E-state index in [4.69, 9.17) is 0 Å². The fourth-order valence-electron chi connectivity index (χ4n) is 1.13. The summed E-state index contributed by atoms with van der Waals surface area (Å²) < 4.78 is 4.19. The van der Waals surface area contributed by atoms with Gasteiger partial charge in [-0.05, 0) is 12.5 Å². The topological polar surface area (TPSA) is 7.76 Å². The number of hydrogen-bond donors (Lipinski definition) is 0. The summed E-state index contributed by atoms with van der Waals surface area (Å²) in [5.74, 6) is 1.22. The van der Waals surface area contributed by atoms with Gasteiger partial charge in [0.2, 0.25) is 0 Å². The molecule has 11 heavy (non-hydrogen) atoms. The van der Waals surface area contributed by atoms with Gasteiger partial charge >= 0.3 is 5.82 Å². The predicted octanol–water partition coefficient (Wildman–Crippen LogP) is 0.0611. The van der Waals surface area contributed by atoms with Crippen molar-refractivity contribution in [2.24, 2.45) is 14.1 Å². The minimum atomic E-state index is 1.21. The zero-order valence-electron chi connectivity index (χ0n) is 7.89. The average Bonchev–Trinajstić information content (AvgIpc) is 1.97. The van der Waals surface area contributed by atoms with Gasteiger partial charge < -0.3 is 0 Å². The predicted molar refractivity (Wildman–Crippen MR) is 41.8 cm³/mol. The molecule has 0 radical (unpaired) electrons. The van der Waals surface area contributed by atoms with E-state index >= 15 is 0 Å². The van der Waals surface area contributed by atoms with Crippen LogP contribution in [0, 0.1) is 27.0 Å². The van der Waals surface area contributed by atoms with E-state index in [0.717, 1.165) is 0 Å². The molecule has 60 valence electrons. The Morgan fingerprint density at radius 2 is 1.64 bits per heavy atom. The summed E-state index contributed by atoms with van der Waals surface area (Å²) >= 11 is 0. The Labute approximate surface area is 68.1 Å². The number of rotatable bonds is 0. The number of nitrogens with zero attached hydrogens (tertiary/aromatic N) is 2. The molecule has 0 saturated carbocycles. The highest BCUT2D eigenvalue weighted by molar-refractivity contribution is 5.03. The molecule has 0 amide bonds. The normalized spacial score (nSPS) is 10.3. The van der Waals surface area contributed by atoms with Gasteiger partial charge in [-0.2, -0.15) is 0 Å². The summed E-state index contributed by atoms with van der Waals surface area (Å²) in [7, 11) is 4.09. The van der Waals surface area contributed by atoms with Gasteiger partial charge in [-0.1, -0.05) is 6.92 Å². The van der Waals surface area contributed by atoms with Crippen LogP contribution in [-0.4, -0.2) is 0 Å². The van der Waals surface area contributed by atoms with Crippen molar-refractivity contribution in [3.63, 3.8) is 0 Å². The summed E-state index contributed by atoms with van der Waals surface area (Å²) in [4.78, 5) is 0. The summed E-state index contributed by atoms with van der Waals surface area (Å²) in [6, 6.07) is 0. The summed E-state index contributed by atoms with van der Waals surface area (Å²) in [6.45, 7) is 6.27. The van der Waals surface area contributed by atoms with E-state index in [0.29, 0.717) is 0 Å². The van der Waals surface area contributed by atoms with E-state index in [1.165, 1.54) is 17.1 Å². The van der Waals surface area contributed by atoms with E-state index in [1.54, 1.807) is 0 Å². The van der Waals surface area contributed by atoms with Crippen LogP contribution in [0.3, 0.4) is 0 Å². The molecule has 0 aliphatic rings. The van der Waals surface area contributed by atoms with E-state index in [1.807, 2.05) is 11.6 Å². The van der Waals surface area contributed by atoms with Crippen molar-refractivity contribution in [3.8, 4) is 0 Å². The van der Waals surface area contributed by atoms with Crippen LogP contribution in [0.15, 0.2) is 0 Å². The number of aryl methyl sites for hydroxylation is 2. The SMILES string of the molecule is Cc1[c-][n+](C)c(C)[n+](C)c1C. The highest BCUT2D eigenvalue weighted by Crippen LogP contribution is 1.94. The van der Waals surface area contributed by atoms with Crippen molar-refractivity contribution in [3.05, 3.63) is 23.3 Å². The molecule has 0 fully saturated rings. The van der Waals surface area contributed by atoms with Crippen LogP contribution in [0.5, 0.6) is 0 Å². The lowest BCUT2D eigenvalue weighted by atomic mass is 10.2. The maximum absolute atomic E-state index is 3.24. The minimum Gasteiger partial charge on any atom is -0.255 e. The Kier molecular flexibility index (Phi) is 1.94. The van der Waals surface area contributed by atoms with Crippen LogP contribution >= 0.6 is 0 Å². The molecule has 2 nitrogen and oxygen atoms in total. The third-order valence-electron chi connectivity index (χ3n) is 2.35. The lowest BCUT2D eigenvalue weighted by Crippen LogP contribution is -2.50. The molecule has 0 N–H and O–H groups in total. The second-order valence-electron chi connectivity index (χ2n) is 2.99. The molecule has 0 unspecified atom stereocenters. The molecule has 0 atom stereocenters. The van der Waals surface area contributed by atoms with Crippen LogP contribution < -0.4 is 9.13 Å². The zero-order chi connectivity index (χ0) is 8.59. The first-order chi connectivity index (χ1) is 5.04. The van der Waals surface area contributed by atoms with Crippen molar-refractivity contribution < 1.29 is 9.13 Å². The number of hydrogen-bond acceptors (Lipinski definition) is 0. The van der Waals surface area contributed by atoms with Crippen LogP contribution in [0.1, 0.15) is 17.1 Å². The van der Waals surface area contributed by atoms with Gasteiger partial charge in [-0.15, -0.1) is 0 Å². The standard InChI is InChI=1S/C9H15N2/c1-7-6-10(4)9(3)11(5)8(7)2/h1-5H3/q+1. The zero-order valence-corrected chi connectivity index (χ0v) is 7.89. The van der Waals surface area contributed by atoms with Crippen molar-refractivity contribution in [2.75, 3.05) is 0 Å². The van der Waals surface area contributed by atoms with Crippen LogP contribution in [0.4, 0.5) is 0 Å². The quantitative estimate of drug-likeness (QED) is 0.366. The molecule has 0 bridgehead atoms. The van der Waals surface area contributed by atoms with Crippen LogP contribution in [-0.2, 0) is 14.1 Å². The first kappa shape index (κ1) is 8.18. The maximum Gasteiger partial charge on any atom is 0.311 e. The molecule has 2 heteroatoms. The van der Waals surface area contributed by atoms with E-state index in [-0.39, 0.29) is 0 Å². The van der Waals surface area contributed by atoms with Gasteiger partial charge in [0.15, 0.2) is 0 Å². The second kappa shape index (κ2) is 2.61. The van der Waals surface area contributed by atoms with E-state index < -0.39 is 0 Å². The number of aromatic nitrogens is 2. The monoisotopic (exact) mass is 151 g/mol. The Hall–Kier alpha value is -0.920. The molecule has 0 spiro atoms. The van der Waals surface area contributed by atoms with Gasteiger partial charge in [-0.25, -0.2) is 0 Å². The summed E-state index contributed by atoms with van der Waals surface area (Å²) in [6.07, 6.45) is 3.24. The van der Waals surface area contributed by atoms with Gasteiger partial charge in [0.05, 0.1) is 5.69 Å². The molecule has 0 aliphatic heterocycles. The Morgan fingerprint density at radius 1 is 1.09 bits per heavy atom. The second-order valence-corrected chi connectivity index (χ2v) is 2.99. The molecule has 1 rings (SSSR count). The fourth-order valence-corrected chi connectivity index (χ4v) is 1.13. The third-order valence-corrected chi connectivity index (χ3v) is 2.35. The Balaban J connectivity index is 3.46. The summed E-state index contributed by atoms with van der Waals surface area (Å²) in [5.41, 5.74) is 2.49. The minimum absolute atomic E-state index is 1.21. The molecule has 0 saturated heterocycles. The van der Waals surface area contributed by atoms with Crippen LogP contribution in [0.25, 0.3) is 0 Å². The molecule has 0 aliphatic carbocycles. The van der Waals surface area contributed by atoms with Gasteiger partial charge in [0.1, 0.15) is 20.3 Å². The lowest BCUT2D eigenvalue weighted by molar-refractivity contribution is -0.819. The van der Waals surface area contributed by atoms with E-state index in [9.17, 15) is 0 Å². The largest absolute Gasteiger partial charge is 0.311 e. The van der Waals surface area contributed by atoms with Crippen molar-refractivity contribution >= 4 is 0 Å². The smallest absolute Gasteiger partial charge is 0.255 e. The van der Waals surface area contributed by atoms with Gasteiger partial charge in [0.25, 0.3) is 0 Å². The van der Waals surface area contributed by atoms with Crippen molar-refractivity contribution in [1.29, 1.82) is 0 Å². The Bertz CT molecular complexity index is 264. The first-order valence-electron chi connectivity index (χ1n) is 3.79. The Morgan fingerprint density at radius 3 is 2.18 bits per heavy atom. The average molecular weight is 151 g/mol. The molecule has 0 aromatic carbocycles. The summed E-state index contributed by atoms with van der Waals surface area (Å²) in [5, 5.41) is 0. The lowest BCUT2D eigenvalue weighted by Gasteiger charge is -2.07. The van der Waals surface area contributed by atoms with Gasteiger partial charge in [-0.3, -0.25) is 9.13 Å².